The third-order valence-corrected chi connectivity index (χ3v) is 3.46. The number of rotatable bonds is 5. The molecule has 0 aliphatic heterocycles. The number of hydrogen-bond acceptors (Lipinski definition) is 2. The van der Waals surface area contributed by atoms with Gasteiger partial charge in [0.15, 0.2) is 5.96 Å². The molecule has 0 atom stereocenters. The van der Waals surface area contributed by atoms with Gasteiger partial charge in [-0.25, -0.2) is 9.98 Å². The van der Waals surface area contributed by atoms with E-state index in [9.17, 15) is 0 Å². The standard InChI is InChI=1S/C14H25N5/c1-11(2)10-19-8-7-16-13(19)9-17-14(15)18-12-5-3-4-6-12/h7-8,11-12H,3-6,9-10H2,1-2H3,(H3,15,17,18). The maximum atomic E-state index is 5.92. The molecule has 1 aromatic rings. The van der Waals surface area contributed by atoms with Crippen molar-refractivity contribution in [2.45, 2.75) is 58.7 Å². The van der Waals surface area contributed by atoms with Crippen molar-refractivity contribution in [2.75, 3.05) is 0 Å². The summed E-state index contributed by atoms with van der Waals surface area (Å²) in [5.41, 5.74) is 5.92. The molecule has 1 fully saturated rings. The van der Waals surface area contributed by atoms with Gasteiger partial charge in [-0.15, -0.1) is 0 Å². The van der Waals surface area contributed by atoms with E-state index in [0.717, 1.165) is 12.4 Å². The van der Waals surface area contributed by atoms with E-state index in [-0.39, 0.29) is 0 Å². The Morgan fingerprint density at radius 3 is 2.95 bits per heavy atom. The van der Waals surface area contributed by atoms with Gasteiger partial charge >= 0.3 is 0 Å². The molecule has 1 saturated carbocycles. The van der Waals surface area contributed by atoms with Gasteiger partial charge in [-0.1, -0.05) is 26.7 Å². The van der Waals surface area contributed by atoms with Crippen LogP contribution in [0.4, 0.5) is 0 Å². The lowest BCUT2D eigenvalue weighted by Crippen LogP contribution is -2.38. The van der Waals surface area contributed by atoms with Gasteiger partial charge in [0.2, 0.25) is 0 Å². The molecule has 3 N–H and O–H groups in total. The van der Waals surface area contributed by atoms with Gasteiger partial charge in [0, 0.05) is 25.0 Å². The van der Waals surface area contributed by atoms with Crippen LogP contribution in [0.3, 0.4) is 0 Å². The molecule has 5 heteroatoms. The van der Waals surface area contributed by atoms with Crippen molar-refractivity contribution in [3.8, 4) is 0 Å². The van der Waals surface area contributed by atoms with Crippen LogP contribution in [0.5, 0.6) is 0 Å². The monoisotopic (exact) mass is 263 g/mol. The molecule has 1 aliphatic rings. The quantitative estimate of drug-likeness (QED) is 0.629. The van der Waals surface area contributed by atoms with Crippen molar-refractivity contribution in [2.24, 2.45) is 16.6 Å². The van der Waals surface area contributed by atoms with Gasteiger partial charge in [-0.2, -0.15) is 0 Å². The molecule has 2 rings (SSSR count). The van der Waals surface area contributed by atoms with Gasteiger partial charge in [0.05, 0.1) is 0 Å². The average molecular weight is 263 g/mol. The molecule has 0 radical (unpaired) electrons. The third kappa shape index (κ3) is 4.26. The highest BCUT2D eigenvalue weighted by Crippen LogP contribution is 2.17. The van der Waals surface area contributed by atoms with Crippen molar-refractivity contribution in [1.82, 2.24) is 14.9 Å². The summed E-state index contributed by atoms with van der Waals surface area (Å²) in [5.74, 6) is 2.13. The summed E-state index contributed by atoms with van der Waals surface area (Å²) in [7, 11) is 0. The summed E-state index contributed by atoms with van der Waals surface area (Å²) in [6.07, 6.45) is 8.84. The summed E-state index contributed by atoms with van der Waals surface area (Å²) < 4.78 is 2.15. The summed E-state index contributed by atoms with van der Waals surface area (Å²) >= 11 is 0. The van der Waals surface area contributed by atoms with E-state index in [0.29, 0.717) is 24.5 Å². The maximum absolute atomic E-state index is 5.92. The second-order valence-electron chi connectivity index (χ2n) is 5.72. The predicted molar refractivity (Wildman–Crippen MR) is 77.8 cm³/mol. The lowest BCUT2D eigenvalue weighted by atomic mass is 10.2. The lowest BCUT2D eigenvalue weighted by molar-refractivity contribution is 0.507. The molecule has 5 nitrogen and oxygen atoms in total. The second kappa shape index (κ2) is 6.59. The second-order valence-corrected chi connectivity index (χ2v) is 5.72. The number of nitrogens with one attached hydrogen (secondary N) is 1. The minimum Gasteiger partial charge on any atom is -0.370 e. The Morgan fingerprint density at radius 2 is 2.26 bits per heavy atom. The molecular formula is C14H25N5. The fourth-order valence-corrected chi connectivity index (χ4v) is 2.53. The summed E-state index contributed by atoms with van der Waals surface area (Å²) in [6, 6.07) is 0.513. The number of imidazole rings is 1. The van der Waals surface area contributed by atoms with Crippen LogP contribution < -0.4 is 11.1 Å². The SMILES string of the molecule is CC(C)Cn1ccnc1CN=C(N)NC1CCCC1. The molecule has 0 unspecified atom stereocenters. The van der Waals surface area contributed by atoms with Crippen molar-refractivity contribution in [1.29, 1.82) is 0 Å². The number of aliphatic imine (C=N–C) groups is 1. The van der Waals surface area contributed by atoms with E-state index in [2.05, 4.69) is 33.7 Å². The van der Waals surface area contributed by atoms with Crippen LogP contribution in [0.2, 0.25) is 0 Å². The van der Waals surface area contributed by atoms with Gasteiger partial charge < -0.3 is 15.6 Å². The normalized spacial score (nSPS) is 17.3. The zero-order chi connectivity index (χ0) is 13.7. The minimum absolute atomic E-state index is 0.513. The topological polar surface area (TPSA) is 68.2 Å². The number of nitrogens with zero attached hydrogens (tertiary/aromatic N) is 3. The van der Waals surface area contributed by atoms with Gasteiger partial charge in [0.1, 0.15) is 12.4 Å². The van der Waals surface area contributed by atoms with Crippen LogP contribution in [-0.4, -0.2) is 21.6 Å². The van der Waals surface area contributed by atoms with Crippen molar-refractivity contribution in [3.05, 3.63) is 18.2 Å². The van der Waals surface area contributed by atoms with E-state index in [1.54, 1.807) is 0 Å². The van der Waals surface area contributed by atoms with E-state index in [1.165, 1.54) is 25.7 Å². The number of guanidine groups is 1. The van der Waals surface area contributed by atoms with Gasteiger partial charge in [0.25, 0.3) is 0 Å². The molecule has 0 bridgehead atoms. The van der Waals surface area contributed by atoms with Crippen molar-refractivity contribution >= 4 is 5.96 Å². The fourth-order valence-electron chi connectivity index (χ4n) is 2.53. The highest BCUT2D eigenvalue weighted by Gasteiger charge is 2.14. The molecule has 0 aromatic carbocycles. The Kier molecular flexibility index (Phi) is 4.82. The van der Waals surface area contributed by atoms with Crippen LogP contribution in [0.25, 0.3) is 0 Å². The zero-order valence-corrected chi connectivity index (χ0v) is 12.0. The maximum Gasteiger partial charge on any atom is 0.189 e. The first-order valence-corrected chi connectivity index (χ1v) is 7.21. The molecule has 1 aliphatic carbocycles. The molecule has 106 valence electrons. The summed E-state index contributed by atoms with van der Waals surface area (Å²) in [5, 5.41) is 3.29. The van der Waals surface area contributed by atoms with Crippen molar-refractivity contribution in [3.63, 3.8) is 0 Å². The summed E-state index contributed by atoms with van der Waals surface area (Å²) in [6.45, 7) is 5.91. The first-order valence-electron chi connectivity index (χ1n) is 7.21. The van der Waals surface area contributed by atoms with E-state index in [4.69, 9.17) is 5.73 Å². The number of aromatic nitrogens is 2. The van der Waals surface area contributed by atoms with E-state index < -0.39 is 0 Å². The fraction of sp³-hybridized carbons (Fsp3) is 0.714. The molecule has 0 spiro atoms. The molecule has 19 heavy (non-hydrogen) atoms. The lowest BCUT2D eigenvalue weighted by Gasteiger charge is -2.12. The van der Waals surface area contributed by atoms with Crippen LogP contribution in [-0.2, 0) is 13.1 Å². The Morgan fingerprint density at radius 1 is 1.53 bits per heavy atom. The van der Waals surface area contributed by atoms with E-state index in [1.807, 2.05) is 12.4 Å². The molecule has 1 aromatic heterocycles. The molecule has 0 amide bonds. The van der Waals surface area contributed by atoms with Gasteiger partial charge in [-0.3, -0.25) is 0 Å². The van der Waals surface area contributed by atoms with Crippen LogP contribution in [0.15, 0.2) is 17.4 Å². The van der Waals surface area contributed by atoms with Crippen LogP contribution in [0, 0.1) is 5.92 Å². The van der Waals surface area contributed by atoms with Crippen molar-refractivity contribution < 1.29 is 0 Å². The summed E-state index contributed by atoms with van der Waals surface area (Å²) in [4.78, 5) is 8.74. The Balaban J connectivity index is 1.87. The highest BCUT2D eigenvalue weighted by molar-refractivity contribution is 5.78. The smallest absolute Gasteiger partial charge is 0.189 e. The van der Waals surface area contributed by atoms with Crippen LogP contribution >= 0.6 is 0 Å². The first-order chi connectivity index (χ1) is 9.15. The first kappa shape index (κ1) is 13.9. The highest BCUT2D eigenvalue weighted by atomic mass is 15.1. The zero-order valence-electron chi connectivity index (χ0n) is 12.0. The third-order valence-electron chi connectivity index (χ3n) is 3.46. The Labute approximate surface area is 115 Å². The Hall–Kier alpha value is -1.52. The number of nitrogens with two attached hydrogens (primary N) is 1. The van der Waals surface area contributed by atoms with Crippen LogP contribution in [0.1, 0.15) is 45.4 Å². The Bertz CT molecular complexity index is 415. The van der Waals surface area contributed by atoms with E-state index >= 15 is 0 Å². The average Bonchev–Trinajstić information content (AvgIpc) is 2.97. The largest absolute Gasteiger partial charge is 0.370 e. The molecule has 0 saturated heterocycles. The predicted octanol–water partition coefficient (Wildman–Crippen LogP) is 1.89. The minimum atomic E-state index is 0.513. The number of hydrogen-bond donors (Lipinski definition) is 2. The molecular weight excluding hydrogens is 238 g/mol. The molecule has 1 heterocycles. The van der Waals surface area contributed by atoms with Gasteiger partial charge in [-0.05, 0) is 18.8 Å².